The van der Waals surface area contributed by atoms with Crippen molar-refractivity contribution in [3.05, 3.63) is 47.5 Å². The van der Waals surface area contributed by atoms with Crippen LogP contribution in [-0.4, -0.2) is 21.0 Å². The SMILES string of the molecule is CC(CCc1ccccc1)Nc1ncnc(Cl)n1. The van der Waals surface area contributed by atoms with Crippen LogP contribution in [0, 0.1) is 0 Å². The maximum Gasteiger partial charge on any atom is 0.227 e. The van der Waals surface area contributed by atoms with Gasteiger partial charge in [0.25, 0.3) is 0 Å². The largest absolute Gasteiger partial charge is 0.352 e. The summed E-state index contributed by atoms with van der Waals surface area (Å²) in [5, 5.41) is 3.42. The van der Waals surface area contributed by atoms with Crippen LogP contribution < -0.4 is 5.32 Å². The molecule has 0 amide bonds. The predicted molar refractivity (Wildman–Crippen MR) is 72.7 cm³/mol. The number of hydrogen-bond donors (Lipinski definition) is 1. The van der Waals surface area contributed by atoms with Crippen molar-refractivity contribution in [3.8, 4) is 0 Å². The summed E-state index contributed by atoms with van der Waals surface area (Å²) in [5.41, 5.74) is 1.33. The molecule has 18 heavy (non-hydrogen) atoms. The Morgan fingerprint density at radius 3 is 2.72 bits per heavy atom. The number of anilines is 1. The van der Waals surface area contributed by atoms with Crippen LogP contribution in [0.5, 0.6) is 0 Å². The zero-order chi connectivity index (χ0) is 12.8. The Kier molecular flexibility index (Phi) is 4.47. The number of hydrogen-bond acceptors (Lipinski definition) is 4. The average molecular weight is 263 g/mol. The van der Waals surface area contributed by atoms with Crippen molar-refractivity contribution < 1.29 is 0 Å². The van der Waals surface area contributed by atoms with E-state index >= 15 is 0 Å². The summed E-state index contributed by atoms with van der Waals surface area (Å²) in [5.74, 6) is 0.524. The molecule has 0 aliphatic heterocycles. The Hall–Kier alpha value is -1.68. The highest BCUT2D eigenvalue weighted by Crippen LogP contribution is 2.09. The number of aromatic nitrogens is 3. The molecular weight excluding hydrogens is 248 g/mol. The van der Waals surface area contributed by atoms with Gasteiger partial charge in [0.05, 0.1) is 0 Å². The first-order valence-corrected chi connectivity index (χ1v) is 6.27. The van der Waals surface area contributed by atoms with Crippen LogP contribution >= 0.6 is 11.6 Å². The Bertz CT molecular complexity index is 489. The van der Waals surface area contributed by atoms with Crippen molar-refractivity contribution in [2.24, 2.45) is 0 Å². The number of nitrogens with one attached hydrogen (secondary N) is 1. The fourth-order valence-corrected chi connectivity index (χ4v) is 1.79. The lowest BCUT2D eigenvalue weighted by Crippen LogP contribution is -2.18. The van der Waals surface area contributed by atoms with Gasteiger partial charge in [0.2, 0.25) is 11.2 Å². The number of halogens is 1. The molecule has 0 bridgehead atoms. The average Bonchev–Trinajstić information content (AvgIpc) is 2.38. The van der Waals surface area contributed by atoms with Crippen molar-refractivity contribution in [2.75, 3.05) is 5.32 Å². The minimum Gasteiger partial charge on any atom is -0.352 e. The molecule has 0 aliphatic rings. The summed E-state index contributed by atoms with van der Waals surface area (Å²) in [6.45, 7) is 2.10. The summed E-state index contributed by atoms with van der Waals surface area (Å²) >= 11 is 5.70. The van der Waals surface area contributed by atoms with Gasteiger partial charge >= 0.3 is 0 Å². The normalized spacial score (nSPS) is 12.1. The minimum atomic E-state index is 0.211. The molecule has 1 unspecified atom stereocenters. The molecule has 0 aliphatic carbocycles. The monoisotopic (exact) mass is 262 g/mol. The molecule has 1 N–H and O–H groups in total. The van der Waals surface area contributed by atoms with Crippen LogP contribution in [0.3, 0.4) is 0 Å². The highest BCUT2D eigenvalue weighted by molar-refractivity contribution is 6.28. The molecule has 0 saturated heterocycles. The van der Waals surface area contributed by atoms with Crippen LogP contribution in [-0.2, 0) is 6.42 Å². The molecule has 0 radical (unpaired) electrons. The molecule has 5 heteroatoms. The zero-order valence-corrected chi connectivity index (χ0v) is 10.9. The minimum absolute atomic E-state index is 0.211. The van der Waals surface area contributed by atoms with Crippen LogP contribution in [0.1, 0.15) is 18.9 Å². The van der Waals surface area contributed by atoms with Crippen molar-refractivity contribution in [1.29, 1.82) is 0 Å². The van der Waals surface area contributed by atoms with E-state index < -0.39 is 0 Å². The van der Waals surface area contributed by atoms with E-state index in [1.54, 1.807) is 0 Å². The number of nitrogens with zero attached hydrogens (tertiary/aromatic N) is 3. The third-order valence-corrected chi connectivity index (χ3v) is 2.81. The molecular formula is C13H15ClN4. The predicted octanol–water partition coefficient (Wildman–Crippen LogP) is 2.96. The van der Waals surface area contributed by atoms with Crippen LogP contribution in [0.2, 0.25) is 5.28 Å². The fourth-order valence-electron chi connectivity index (χ4n) is 1.67. The van der Waals surface area contributed by atoms with Gasteiger partial charge in [0, 0.05) is 6.04 Å². The van der Waals surface area contributed by atoms with E-state index in [4.69, 9.17) is 11.6 Å². The molecule has 1 atom stereocenters. The first-order valence-electron chi connectivity index (χ1n) is 5.89. The molecule has 0 fully saturated rings. The topological polar surface area (TPSA) is 50.7 Å². The van der Waals surface area contributed by atoms with Gasteiger partial charge in [0.15, 0.2) is 0 Å². The second-order valence-corrected chi connectivity index (χ2v) is 4.49. The summed E-state index contributed by atoms with van der Waals surface area (Å²) in [4.78, 5) is 11.8. The second-order valence-electron chi connectivity index (χ2n) is 4.15. The Morgan fingerprint density at radius 1 is 1.22 bits per heavy atom. The Morgan fingerprint density at radius 2 is 2.00 bits per heavy atom. The zero-order valence-electron chi connectivity index (χ0n) is 10.2. The third-order valence-electron chi connectivity index (χ3n) is 2.63. The van der Waals surface area contributed by atoms with E-state index in [1.807, 2.05) is 6.07 Å². The molecule has 94 valence electrons. The first-order chi connectivity index (χ1) is 8.74. The molecule has 2 rings (SSSR count). The molecule has 2 aromatic rings. The van der Waals surface area contributed by atoms with Gasteiger partial charge in [-0.3, -0.25) is 0 Å². The van der Waals surface area contributed by atoms with Gasteiger partial charge in [-0.1, -0.05) is 30.3 Å². The highest BCUT2D eigenvalue weighted by atomic mass is 35.5. The van der Waals surface area contributed by atoms with Crippen LogP contribution in [0.15, 0.2) is 36.7 Å². The van der Waals surface area contributed by atoms with E-state index in [0.717, 1.165) is 12.8 Å². The van der Waals surface area contributed by atoms with Gasteiger partial charge in [-0.05, 0) is 36.9 Å². The summed E-state index contributed by atoms with van der Waals surface area (Å²) in [6, 6.07) is 10.7. The number of benzene rings is 1. The Labute approximate surface area is 111 Å². The summed E-state index contributed by atoms with van der Waals surface area (Å²) in [6.07, 6.45) is 3.43. The standard InChI is InChI=1S/C13H15ClN4/c1-10(7-8-11-5-3-2-4-6-11)17-13-16-9-15-12(14)18-13/h2-6,9-10H,7-8H2,1H3,(H,15,16,17,18). The molecule has 0 saturated carbocycles. The molecule has 1 heterocycles. The summed E-state index contributed by atoms with van der Waals surface area (Å²) in [7, 11) is 0. The van der Waals surface area contributed by atoms with Crippen LogP contribution in [0.25, 0.3) is 0 Å². The molecule has 1 aromatic heterocycles. The molecule has 1 aromatic carbocycles. The van der Waals surface area contributed by atoms with E-state index in [9.17, 15) is 0 Å². The van der Waals surface area contributed by atoms with Crippen molar-refractivity contribution in [2.45, 2.75) is 25.8 Å². The van der Waals surface area contributed by atoms with Gasteiger partial charge in [-0.15, -0.1) is 0 Å². The van der Waals surface area contributed by atoms with E-state index in [-0.39, 0.29) is 11.3 Å². The first kappa shape index (κ1) is 12.8. The Balaban J connectivity index is 1.84. The van der Waals surface area contributed by atoms with E-state index in [2.05, 4.69) is 51.5 Å². The van der Waals surface area contributed by atoms with E-state index in [1.165, 1.54) is 11.9 Å². The smallest absolute Gasteiger partial charge is 0.227 e. The second kappa shape index (κ2) is 6.31. The van der Waals surface area contributed by atoms with Gasteiger partial charge in [-0.25, -0.2) is 9.97 Å². The van der Waals surface area contributed by atoms with Gasteiger partial charge in [0.1, 0.15) is 6.33 Å². The molecule has 4 nitrogen and oxygen atoms in total. The van der Waals surface area contributed by atoms with Crippen molar-refractivity contribution >= 4 is 17.5 Å². The lowest BCUT2D eigenvalue weighted by atomic mass is 10.1. The van der Waals surface area contributed by atoms with E-state index in [0.29, 0.717) is 5.95 Å². The van der Waals surface area contributed by atoms with Gasteiger partial charge in [-0.2, -0.15) is 4.98 Å². The highest BCUT2D eigenvalue weighted by Gasteiger charge is 2.05. The number of aryl methyl sites for hydroxylation is 1. The van der Waals surface area contributed by atoms with Crippen molar-refractivity contribution in [1.82, 2.24) is 15.0 Å². The molecule has 0 spiro atoms. The lowest BCUT2D eigenvalue weighted by molar-refractivity contribution is 0.697. The van der Waals surface area contributed by atoms with Gasteiger partial charge < -0.3 is 5.32 Å². The van der Waals surface area contributed by atoms with Crippen LogP contribution in [0.4, 0.5) is 5.95 Å². The van der Waals surface area contributed by atoms with Crippen molar-refractivity contribution in [3.63, 3.8) is 0 Å². The lowest BCUT2D eigenvalue weighted by Gasteiger charge is -2.13. The maximum absolute atomic E-state index is 5.70. The number of rotatable bonds is 5. The summed E-state index contributed by atoms with van der Waals surface area (Å²) < 4.78 is 0. The quantitative estimate of drug-likeness (QED) is 0.900. The third kappa shape index (κ3) is 3.96. The maximum atomic E-state index is 5.70. The fraction of sp³-hybridized carbons (Fsp3) is 0.308.